The van der Waals surface area contributed by atoms with E-state index < -0.39 is 10.0 Å². The van der Waals surface area contributed by atoms with Gasteiger partial charge in [0.05, 0.1) is 0 Å². The Labute approximate surface area is 125 Å². The standard InChI is InChI=1S/C13H23N5O2S/c1-9-12(7-14-2)13(16-15-9)21(19,20)17-10-5-6-18(8-10)11-3-4-11/h10-11,14,17H,3-8H2,1-2H3,(H,15,16). The molecule has 118 valence electrons. The molecule has 0 amide bonds. The molecule has 1 aromatic rings. The van der Waals surface area contributed by atoms with Gasteiger partial charge in [0.2, 0.25) is 0 Å². The Morgan fingerprint density at radius 1 is 1.38 bits per heavy atom. The minimum atomic E-state index is -3.56. The van der Waals surface area contributed by atoms with Gasteiger partial charge in [-0.05, 0) is 33.2 Å². The molecule has 0 radical (unpaired) electrons. The average molecular weight is 313 g/mol. The zero-order chi connectivity index (χ0) is 15.0. The highest BCUT2D eigenvalue weighted by Crippen LogP contribution is 2.30. The summed E-state index contributed by atoms with van der Waals surface area (Å²) in [4.78, 5) is 2.39. The van der Waals surface area contributed by atoms with Crippen molar-refractivity contribution in [1.29, 1.82) is 0 Å². The summed E-state index contributed by atoms with van der Waals surface area (Å²) in [6, 6.07) is 0.682. The monoisotopic (exact) mass is 313 g/mol. The molecule has 1 saturated carbocycles. The Morgan fingerprint density at radius 2 is 2.14 bits per heavy atom. The second-order valence-corrected chi connectivity index (χ2v) is 7.62. The number of sulfonamides is 1. The van der Waals surface area contributed by atoms with Crippen molar-refractivity contribution in [2.45, 2.75) is 49.8 Å². The second-order valence-electron chi connectivity index (χ2n) is 6.00. The number of nitrogens with one attached hydrogen (secondary N) is 3. The normalized spacial score (nSPS) is 23.8. The Hall–Kier alpha value is -0.960. The van der Waals surface area contributed by atoms with Gasteiger partial charge in [-0.2, -0.15) is 5.10 Å². The minimum Gasteiger partial charge on any atom is -0.316 e. The first kappa shape index (κ1) is 15.0. The number of rotatable bonds is 6. The highest BCUT2D eigenvalue weighted by molar-refractivity contribution is 7.89. The number of aryl methyl sites for hydroxylation is 1. The lowest BCUT2D eigenvalue weighted by Gasteiger charge is -2.15. The van der Waals surface area contributed by atoms with Crippen LogP contribution in [0, 0.1) is 6.92 Å². The Morgan fingerprint density at radius 3 is 2.81 bits per heavy atom. The first-order chi connectivity index (χ1) is 10.0. The Kier molecular flexibility index (Phi) is 4.04. The van der Waals surface area contributed by atoms with Gasteiger partial charge in [-0.15, -0.1) is 0 Å². The third-order valence-electron chi connectivity index (χ3n) is 4.25. The molecular formula is C13H23N5O2S. The quantitative estimate of drug-likeness (QED) is 0.685. The molecule has 1 aromatic heterocycles. The van der Waals surface area contributed by atoms with E-state index in [0.29, 0.717) is 18.2 Å². The van der Waals surface area contributed by atoms with E-state index in [1.807, 2.05) is 6.92 Å². The first-order valence-electron chi connectivity index (χ1n) is 7.46. The minimum absolute atomic E-state index is 0.00459. The molecule has 0 bridgehead atoms. The van der Waals surface area contributed by atoms with Crippen LogP contribution >= 0.6 is 0 Å². The summed E-state index contributed by atoms with van der Waals surface area (Å²) >= 11 is 0. The topological polar surface area (TPSA) is 90.1 Å². The number of hydrogen-bond donors (Lipinski definition) is 3. The summed E-state index contributed by atoms with van der Waals surface area (Å²) in [6.07, 6.45) is 3.38. The first-order valence-corrected chi connectivity index (χ1v) is 8.94. The van der Waals surface area contributed by atoms with E-state index in [1.165, 1.54) is 12.8 Å². The van der Waals surface area contributed by atoms with Crippen LogP contribution in [0.25, 0.3) is 0 Å². The van der Waals surface area contributed by atoms with Crippen molar-refractivity contribution in [2.24, 2.45) is 0 Å². The molecule has 2 fully saturated rings. The van der Waals surface area contributed by atoms with Crippen molar-refractivity contribution in [2.75, 3.05) is 20.1 Å². The van der Waals surface area contributed by atoms with Crippen LogP contribution in [0.2, 0.25) is 0 Å². The molecule has 2 heterocycles. The number of hydrogen-bond acceptors (Lipinski definition) is 5. The number of H-pyrrole nitrogens is 1. The lowest BCUT2D eigenvalue weighted by Crippen LogP contribution is -2.38. The summed E-state index contributed by atoms with van der Waals surface area (Å²) in [6.45, 7) is 4.12. The molecule has 3 rings (SSSR count). The zero-order valence-electron chi connectivity index (χ0n) is 12.5. The van der Waals surface area contributed by atoms with Crippen molar-refractivity contribution >= 4 is 10.0 Å². The van der Waals surface area contributed by atoms with E-state index in [4.69, 9.17) is 0 Å². The van der Waals surface area contributed by atoms with Gasteiger partial charge in [0.15, 0.2) is 5.03 Å². The Balaban J connectivity index is 1.72. The van der Waals surface area contributed by atoms with Crippen molar-refractivity contribution < 1.29 is 8.42 Å². The number of nitrogens with zero attached hydrogens (tertiary/aromatic N) is 2. The predicted molar refractivity (Wildman–Crippen MR) is 79.4 cm³/mol. The van der Waals surface area contributed by atoms with Gasteiger partial charge in [0.25, 0.3) is 10.0 Å². The fourth-order valence-corrected chi connectivity index (χ4v) is 4.43. The number of aromatic amines is 1. The number of aromatic nitrogens is 2. The van der Waals surface area contributed by atoms with Gasteiger partial charge in [0, 0.05) is 43.0 Å². The van der Waals surface area contributed by atoms with Crippen molar-refractivity contribution in [1.82, 2.24) is 25.1 Å². The molecular weight excluding hydrogens is 290 g/mol. The van der Waals surface area contributed by atoms with Crippen LogP contribution in [0.1, 0.15) is 30.5 Å². The summed E-state index contributed by atoms with van der Waals surface area (Å²) in [7, 11) is -1.77. The molecule has 1 aliphatic carbocycles. The Bertz CT molecular complexity index is 608. The fourth-order valence-electron chi connectivity index (χ4n) is 2.97. The maximum Gasteiger partial charge on any atom is 0.260 e. The summed E-state index contributed by atoms with van der Waals surface area (Å²) in [5.74, 6) is 0. The highest BCUT2D eigenvalue weighted by atomic mass is 32.2. The molecule has 1 aliphatic heterocycles. The van der Waals surface area contributed by atoms with Crippen LogP contribution in [-0.4, -0.2) is 55.7 Å². The van der Waals surface area contributed by atoms with Crippen LogP contribution < -0.4 is 10.0 Å². The lowest BCUT2D eigenvalue weighted by molar-refractivity contribution is 0.322. The van der Waals surface area contributed by atoms with E-state index in [1.54, 1.807) is 7.05 Å². The third-order valence-corrected chi connectivity index (χ3v) is 5.74. The SMILES string of the molecule is CNCc1c(S(=O)(=O)NC2CCN(C3CC3)C2)n[nH]c1C. The van der Waals surface area contributed by atoms with E-state index >= 15 is 0 Å². The number of likely N-dealkylation sites (tertiary alicyclic amines) is 1. The average Bonchev–Trinajstić information content (AvgIpc) is 3.07. The van der Waals surface area contributed by atoms with Gasteiger partial charge >= 0.3 is 0 Å². The van der Waals surface area contributed by atoms with Gasteiger partial charge in [-0.1, -0.05) is 0 Å². The van der Waals surface area contributed by atoms with Crippen LogP contribution in [0.4, 0.5) is 0 Å². The third kappa shape index (κ3) is 3.13. The van der Waals surface area contributed by atoms with Gasteiger partial charge in [0.1, 0.15) is 0 Å². The molecule has 0 aromatic carbocycles. The zero-order valence-corrected chi connectivity index (χ0v) is 13.3. The van der Waals surface area contributed by atoms with E-state index in [2.05, 4.69) is 25.1 Å². The highest BCUT2D eigenvalue weighted by Gasteiger charge is 2.36. The molecule has 1 unspecified atom stereocenters. The van der Waals surface area contributed by atoms with Gasteiger partial charge in [-0.25, -0.2) is 13.1 Å². The van der Waals surface area contributed by atoms with Gasteiger partial charge in [-0.3, -0.25) is 10.00 Å². The van der Waals surface area contributed by atoms with Crippen molar-refractivity contribution in [3.8, 4) is 0 Å². The lowest BCUT2D eigenvalue weighted by atomic mass is 10.3. The van der Waals surface area contributed by atoms with Gasteiger partial charge < -0.3 is 5.32 Å². The molecule has 1 atom stereocenters. The molecule has 2 aliphatic rings. The fraction of sp³-hybridized carbons (Fsp3) is 0.769. The molecule has 3 N–H and O–H groups in total. The van der Waals surface area contributed by atoms with Crippen molar-refractivity contribution in [3.63, 3.8) is 0 Å². The van der Waals surface area contributed by atoms with E-state index in [0.717, 1.165) is 25.2 Å². The van der Waals surface area contributed by atoms with Crippen LogP contribution in [0.3, 0.4) is 0 Å². The predicted octanol–water partition coefficient (Wildman–Crippen LogP) is -0.0475. The molecule has 21 heavy (non-hydrogen) atoms. The maximum atomic E-state index is 12.5. The summed E-state index contributed by atoms with van der Waals surface area (Å²) in [5.41, 5.74) is 1.50. The molecule has 7 nitrogen and oxygen atoms in total. The largest absolute Gasteiger partial charge is 0.316 e. The second kappa shape index (κ2) is 5.68. The summed E-state index contributed by atoms with van der Waals surface area (Å²) < 4.78 is 27.9. The van der Waals surface area contributed by atoms with Crippen LogP contribution in [-0.2, 0) is 16.6 Å². The maximum absolute atomic E-state index is 12.5. The van der Waals surface area contributed by atoms with E-state index in [-0.39, 0.29) is 11.1 Å². The molecule has 8 heteroatoms. The van der Waals surface area contributed by atoms with Crippen LogP contribution in [0.5, 0.6) is 0 Å². The van der Waals surface area contributed by atoms with Crippen molar-refractivity contribution in [3.05, 3.63) is 11.3 Å². The summed E-state index contributed by atoms with van der Waals surface area (Å²) in [5, 5.41) is 9.87. The van der Waals surface area contributed by atoms with E-state index in [9.17, 15) is 8.42 Å². The smallest absolute Gasteiger partial charge is 0.260 e. The molecule has 1 saturated heterocycles. The van der Waals surface area contributed by atoms with Crippen LogP contribution in [0.15, 0.2) is 5.03 Å². The molecule has 0 spiro atoms.